The average molecular weight is 300 g/mol. The van der Waals surface area contributed by atoms with E-state index in [2.05, 4.69) is 26.2 Å². The SMILES string of the molecule is Cc1nc(Br)ccc1NC(=O)C(N)C(C)(C)C. The number of carbonyl (C=O) groups is 1. The number of nitrogens with one attached hydrogen (secondary N) is 1. The molecule has 5 heteroatoms. The highest BCUT2D eigenvalue weighted by molar-refractivity contribution is 9.10. The van der Waals surface area contributed by atoms with Crippen molar-refractivity contribution in [2.24, 2.45) is 11.1 Å². The Hall–Kier alpha value is -0.940. The van der Waals surface area contributed by atoms with Gasteiger partial charge in [-0.05, 0) is 40.4 Å². The van der Waals surface area contributed by atoms with E-state index in [1.807, 2.05) is 27.7 Å². The van der Waals surface area contributed by atoms with Gasteiger partial charge in [0.25, 0.3) is 0 Å². The first-order valence-corrected chi connectivity index (χ1v) is 6.20. The molecule has 0 spiro atoms. The Morgan fingerprint density at radius 1 is 1.47 bits per heavy atom. The Bertz CT molecular complexity index is 426. The van der Waals surface area contributed by atoms with Crippen molar-refractivity contribution in [1.82, 2.24) is 4.98 Å². The van der Waals surface area contributed by atoms with Gasteiger partial charge in [0.15, 0.2) is 0 Å². The average Bonchev–Trinajstić information content (AvgIpc) is 2.19. The van der Waals surface area contributed by atoms with E-state index in [-0.39, 0.29) is 11.3 Å². The molecule has 0 fully saturated rings. The molecule has 1 atom stereocenters. The van der Waals surface area contributed by atoms with Gasteiger partial charge >= 0.3 is 0 Å². The molecule has 0 aromatic carbocycles. The topological polar surface area (TPSA) is 68.0 Å². The van der Waals surface area contributed by atoms with Crippen molar-refractivity contribution >= 4 is 27.5 Å². The van der Waals surface area contributed by atoms with E-state index >= 15 is 0 Å². The third-order valence-electron chi connectivity index (χ3n) is 2.53. The molecular formula is C12H18BrN3O. The first-order valence-electron chi connectivity index (χ1n) is 5.41. The van der Waals surface area contributed by atoms with Crippen LogP contribution in [-0.2, 0) is 4.79 Å². The molecule has 0 aliphatic carbocycles. The van der Waals surface area contributed by atoms with Crippen LogP contribution in [0.25, 0.3) is 0 Å². The molecule has 0 saturated heterocycles. The molecule has 4 nitrogen and oxygen atoms in total. The summed E-state index contributed by atoms with van der Waals surface area (Å²) in [7, 11) is 0. The van der Waals surface area contributed by atoms with E-state index in [1.165, 1.54) is 0 Å². The van der Waals surface area contributed by atoms with Gasteiger partial charge in [-0.25, -0.2) is 4.98 Å². The Kier molecular flexibility index (Phi) is 4.27. The van der Waals surface area contributed by atoms with Crippen LogP contribution < -0.4 is 11.1 Å². The number of amides is 1. The summed E-state index contributed by atoms with van der Waals surface area (Å²) < 4.78 is 0.744. The zero-order valence-corrected chi connectivity index (χ0v) is 12.1. The van der Waals surface area contributed by atoms with Gasteiger partial charge in [-0.3, -0.25) is 4.79 Å². The molecule has 1 aromatic rings. The molecule has 1 heterocycles. The lowest BCUT2D eigenvalue weighted by Gasteiger charge is -2.26. The summed E-state index contributed by atoms with van der Waals surface area (Å²) in [5.74, 6) is -0.190. The molecule has 1 amide bonds. The molecule has 94 valence electrons. The highest BCUT2D eigenvalue weighted by Crippen LogP contribution is 2.20. The predicted octanol–water partition coefficient (Wildman–Crippen LogP) is 2.46. The summed E-state index contributed by atoms with van der Waals surface area (Å²) in [5, 5.41) is 2.80. The van der Waals surface area contributed by atoms with Crippen molar-refractivity contribution in [2.75, 3.05) is 5.32 Å². The van der Waals surface area contributed by atoms with E-state index in [9.17, 15) is 4.79 Å². The number of pyridine rings is 1. The summed E-state index contributed by atoms with van der Waals surface area (Å²) in [6.45, 7) is 7.64. The molecule has 3 N–H and O–H groups in total. The first kappa shape index (κ1) is 14.1. The van der Waals surface area contributed by atoms with Crippen molar-refractivity contribution in [3.05, 3.63) is 22.4 Å². The van der Waals surface area contributed by atoms with E-state index < -0.39 is 6.04 Å². The maximum Gasteiger partial charge on any atom is 0.241 e. The number of aryl methyl sites for hydroxylation is 1. The van der Waals surface area contributed by atoms with Gasteiger partial charge in [0.05, 0.1) is 17.4 Å². The third-order valence-corrected chi connectivity index (χ3v) is 2.97. The molecule has 0 aliphatic heterocycles. The van der Waals surface area contributed by atoms with Gasteiger partial charge < -0.3 is 11.1 Å². The van der Waals surface area contributed by atoms with Crippen LogP contribution in [0.15, 0.2) is 16.7 Å². The van der Waals surface area contributed by atoms with Crippen LogP contribution >= 0.6 is 15.9 Å². The van der Waals surface area contributed by atoms with Crippen LogP contribution in [0.4, 0.5) is 5.69 Å². The number of carbonyl (C=O) groups excluding carboxylic acids is 1. The summed E-state index contributed by atoms with van der Waals surface area (Å²) in [6.07, 6.45) is 0. The van der Waals surface area contributed by atoms with Gasteiger partial charge in [-0.15, -0.1) is 0 Å². The van der Waals surface area contributed by atoms with Crippen molar-refractivity contribution in [3.8, 4) is 0 Å². The molecule has 1 rings (SSSR count). The van der Waals surface area contributed by atoms with Crippen LogP contribution in [0, 0.1) is 12.3 Å². The highest BCUT2D eigenvalue weighted by atomic mass is 79.9. The van der Waals surface area contributed by atoms with Gasteiger partial charge in [0, 0.05) is 0 Å². The lowest BCUT2D eigenvalue weighted by Crippen LogP contribution is -2.45. The molecule has 0 aliphatic rings. The summed E-state index contributed by atoms with van der Waals surface area (Å²) in [4.78, 5) is 16.1. The number of nitrogens with two attached hydrogens (primary N) is 1. The second-order valence-corrected chi connectivity index (χ2v) is 5.91. The molecule has 1 aromatic heterocycles. The molecule has 0 bridgehead atoms. The number of halogens is 1. The number of anilines is 1. The first-order chi connectivity index (χ1) is 7.71. The molecule has 0 radical (unpaired) electrons. The van der Waals surface area contributed by atoms with Gasteiger partial charge in [-0.2, -0.15) is 0 Å². The second-order valence-electron chi connectivity index (χ2n) is 5.10. The predicted molar refractivity (Wildman–Crippen MR) is 72.7 cm³/mol. The fourth-order valence-corrected chi connectivity index (χ4v) is 1.66. The highest BCUT2D eigenvalue weighted by Gasteiger charge is 2.27. The van der Waals surface area contributed by atoms with E-state index in [1.54, 1.807) is 12.1 Å². The monoisotopic (exact) mass is 299 g/mol. The van der Waals surface area contributed by atoms with E-state index in [0.717, 1.165) is 10.3 Å². The largest absolute Gasteiger partial charge is 0.323 e. The zero-order valence-electron chi connectivity index (χ0n) is 10.5. The Morgan fingerprint density at radius 2 is 2.06 bits per heavy atom. The molecule has 17 heavy (non-hydrogen) atoms. The van der Waals surface area contributed by atoms with Crippen LogP contribution in [0.2, 0.25) is 0 Å². The summed E-state index contributed by atoms with van der Waals surface area (Å²) >= 11 is 3.27. The number of rotatable bonds is 2. The number of nitrogens with zero attached hydrogens (tertiary/aromatic N) is 1. The van der Waals surface area contributed by atoms with Crippen molar-refractivity contribution < 1.29 is 4.79 Å². The van der Waals surface area contributed by atoms with Gasteiger partial charge in [0.1, 0.15) is 4.60 Å². The van der Waals surface area contributed by atoms with Crippen molar-refractivity contribution in [1.29, 1.82) is 0 Å². The van der Waals surface area contributed by atoms with Gasteiger partial charge in [-0.1, -0.05) is 20.8 Å². The number of hydrogen-bond donors (Lipinski definition) is 2. The second kappa shape index (κ2) is 5.14. The Morgan fingerprint density at radius 3 is 2.53 bits per heavy atom. The van der Waals surface area contributed by atoms with Crippen LogP contribution in [-0.4, -0.2) is 16.9 Å². The van der Waals surface area contributed by atoms with Crippen LogP contribution in [0.5, 0.6) is 0 Å². The minimum absolute atomic E-state index is 0.190. The lowest BCUT2D eigenvalue weighted by molar-refractivity contribution is -0.119. The minimum atomic E-state index is -0.550. The number of hydrogen-bond acceptors (Lipinski definition) is 3. The molecule has 0 saturated carbocycles. The summed E-state index contributed by atoms with van der Waals surface area (Å²) in [5.41, 5.74) is 7.07. The zero-order chi connectivity index (χ0) is 13.2. The standard InChI is InChI=1S/C12H18BrN3O/c1-7-8(5-6-9(13)15-7)16-11(17)10(14)12(2,3)4/h5-6,10H,14H2,1-4H3,(H,16,17). The minimum Gasteiger partial charge on any atom is -0.323 e. The number of aromatic nitrogens is 1. The molecule has 1 unspecified atom stereocenters. The van der Waals surface area contributed by atoms with Crippen molar-refractivity contribution in [3.63, 3.8) is 0 Å². The van der Waals surface area contributed by atoms with E-state index in [4.69, 9.17) is 5.73 Å². The van der Waals surface area contributed by atoms with Crippen molar-refractivity contribution in [2.45, 2.75) is 33.7 Å². The van der Waals surface area contributed by atoms with Crippen LogP contribution in [0.1, 0.15) is 26.5 Å². The molecular weight excluding hydrogens is 282 g/mol. The maximum atomic E-state index is 11.9. The quantitative estimate of drug-likeness (QED) is 0.824. The smallest absolute Gasteiger partial charge is 0.241 e. The van der Waals surface area contributed by atoms with Crippen LogP contribution in [0.3, 0.4) is 0 Å². The van der Waals surface area contributed by atoms with E-state index in [0.29, 0.717) is 5.69 Å². The Balaban J connectivity index is 2.82. The maximum absolute atomic E-state index is 11.9. The fourth-order valence-electron chi connectivity index (χ4n) is 1.27. The Labute approximate surface area is 110 Å². The normalized spacial score (nSPS) is 13.3. The fraction of sp³-hybridized carbons (Fsp3) is 0.500. The third kappa shape index (κ3) is 3.78. The van der Waals surface area contributed by atoms with Gasteiger partial charge in [0.2, 0.25) is 5.91 Å². The summed E-state index contributed by atoms with van der Waals surface area (Å²) in [6, 6.07) is 3.04. The lowest BCUT2D eigenvalue weighted by atomic mass is 9.87.